The summed E-state index contributed by atoms with van der Waals surface area (Å²) in [7, 11) is 0. The molecule has 28 heavy (non-hydrogen) atoms. The van der Waals surface area contributed by atoms with Crippen LogP contribution in [0.4, 0.5) is 23.7 Å². The lowest BCUT2D eigenvalue weighted by atomic mass is 9.93. The van der Waals surface area contributed by atoms with E-state index < -0.39 is 48.0 Å². The molecule has 4 atom stereocenters. The molecule has 0 bridgehead atoms. The Balaban J connectivity index is 1.99. The standard InChI is InChI=1S/C17H22F3N3O5/c1-2-7-23-11(12(24)13(25)14(26)15(23)27)8-21-16(28)22-10-5-3-9(4-6-10)17(18,19)20/h3-6,11-14,24-26H,2,7-8H2,1H3,(H2,21,22,28)/t11-,12-,13-,14-/m1/s1. The van der Waals surface area contributed by atoms with E-state index in [9.17, 15) is 38.1 Å². The number of hydrogen-bond acceptors (Lipinski definition) is 5. The van der Waals surface area contributed by atoms with Gasteiger partial charge in [0.25, 0.3) is 5.91 Å². The molecule has 2 rings (SSSR count). The van der Waals surface area contributed by atoms with Crippen LogP contribution < -0.4 is 10.6 Å². The maximum Gasteiger partial charge on any atom is 0.416 e. The number of carbonyl (C=O) groups excluding carboxylic acids is 2. The van der Waals surface area contributed by atoms with Crippen molar-refractivity contribution in [2.45, 2.75) is 43.9 Å². The van der Waals surface area contributed by atoms with Gasteiger partial charge in [0.15, 0.2) is 6.10 Å². The van der Waals surface area contributed by atoms with Crippen LogP contribution >= 0.6 is 0 Å². The third-order valence-corrected chi connectivity index (χ3v) is 4.41. The predicted octanol–water partition coefficient (Wildman–Crippen LogP) is 0.530. The van der Waals surface area contributed by atoms with Gasteiger partial charge in [0, 0.05) is 18.8 Å². The first-order valence-electron chi connectivity index (χ1n) is 8.63. The molecular weight excluding hydrogens is 383 g/mol. The number of nitrogens with one attached hydrogen (secondary N) is 2. The zero-order chi connectivity index (χ0) is 21.1. The Bertz CT molecular complexity index is 698. The van der Waals surface area contributed by atoms with E-state index >= 15 is 0 Å². The Labute approximate surface area is 159 Å². The minimum atomic E-state index is -4.49. The van der Waals surface area contributed by atoms with E-state index in [2.05, 4.69) is 10.6 Å². The molecular formula is C17H22F3N3O5. The zero-order valence-electron chi connectivity index (χ0n) is 15.0. The summed E-state index contributed by atoms with van der Waals surface area (Å²) in [6, 6.07) is 2.08. The van der Waals surface area contributed by atoms with Gasteiger partial charge in [-0.25, -0.2) is 4.79 Å². The van der Waals surface area contributed by atoms with Gasteiger partial charge >= 0.3 is 12.2 Å². The number of likely N-dealkylation sites (tertiary alicyclic amines) is 1. The predicted molar refractivity (Wildman–Crippen MR) is 92.3 cm³/mol. The van der Waals surface area contributed by atoms with Gasteiger partial charge in [0.1, 0.15) is 12.2 Å². The summed E-state index contributed by atoms with van der Waals surface area (Å²) in [6.45, 7) is 1.74. The normalized spacial score (nSPS) is 25.5. The van der Waals surface area contributed by atoms with Crippen molar-refractivity contribution < 1.29 is 38.1 Å². The number of rotatable bonds is 5. The first-order valence-corrected chi connectivity index (χ1v) is 8.63. The lowest BCUT2D eigenvalue weighted by Gasteiger charge is -2.43. The second kappa shape index (κ2) is 8.76. The van der Waals surface area contributed by atoms with Crippen LogP contribution in [0.25, 0.3) is 0 Å². The highest BCUT2D eigenvalue weighted by atomic mass is 19.4. The molecule has 0 spiro atoms. The number of halogens is 3. The van der Waals surface area contributed by atoms with Crippen LogP contribution in [-0.4, -0.2) is 69.6 Å². The highest BCUT2D eigenvalue weighted by Gasteiger charge is 2.46. The molecule has 156 valence electrons. The Hall–Kier alpha value is -2.37. The molecule has 8 nitrogen and oxygen atoms in total. The van der Waals surface area contributed by atoms with Gasteiger partial charge in [0.05, 0.1) is 11.6 Å². The number of alkyl halides is 3. The summed E-state index contributed by atoms with van der Waals surface area (Å²) in [5.74, 6) is -0.755. The molecule has 0 aromatic heterocycles. The third kappa shape index (κ3) is 4.91. The molecule has 0 aliphatic carbocycles. The SMILES string of the molecule is CCCN1C(=O)[C@H](O)[C@H](O)[C@H](O)[C@H]1CNC(=O)Nc1ccc(C(F)(F)F)cc1. The van der Waals surface area contributed by atoms with Crippen molar-refractivity contribution in [2.24, 2.45) is 0 Å². The molecule has 1 fully saturated rings. The highest BCUT2D eigenvalue weighted by Crippen LogP contribution is 2.29. The molecule has 0 unspecified atom stereocenters. The van der Waals surface area contributed by atoms with Crippen molar-refractivity contribution >= 4 is 17.6 Å². The first kappa shape index (κ1) is 21.9. The Kier molecular flexibility index (Phi) is 6.86. The number of aliphatic hydroxyl groups is 3. The van der Waals surface area contributed by atoms with Gasteiger partial charge < -0.3 is 30.9 Å². The zero-order valence-corrected chi connectivity index (χ0v) is 15.0. The fourth-order valence-electron chi connectivity index (χ4n) is 2.94. The fraction of sp³-hybridized carbons (Fsp3) is 0.529. The molecule has 1 saturated heterocycles. The van der Waals surface area contributed by atoms with Gasteiger partial charge in [-0.2, -0.15) is 13.2 Å². The van der Waals surface area contributed by atoms with Crippen LogP contribution in [0.1, 0.15) is 18.9 Å². The maximum atomic E-state index is 12.5. The van der Waals surface area contributed by atoms with Crippen molar-refractivity contribution in [2.75, 3.05) is 18.4 Å². The number of urea groups is 1. The topological polar surface area (TPSA) is 122 Å². The van der Waals surface area contributed by atoms with E-state index in [1.807, 2.05) is 0 Å². The van der Waals surface area contributed by atoms with Gasteiger partial charge in [-0.1, -0.05) is 6.92 Å². The quantitative estimate of drug-likeness (QED) is 0.489. The number of anilines is 1. The molecule has 1 aliphatic heterocycles. The Morgan fingerprint density at radius 1 is 1.14 bits per heavy atom. The minimum Gasteiger partial charge on any atom is -0.388 e. The first-order chi connectivity index (χ1) is 13.1. The number of piperidine rings is 1. The number of amides is 3. The second-order valence-electron chi connectivity index (χ2n) is 6.44. The van der Waals surface area contributed by atoms with Crippen molar-refractivity contribution in [1.29, 1.82) is 0 Å². The van der Waals surface area contributed by atoms with Crippen LogP contribution in [0, 0.1) is 0 Å². The third-order valence-electron chi connectivity index (χ3n) is 4.41. The van der Waals surface area contributed by atoms with E-state index in [1.54, 1.807) is 6.92 Å². The van der Waals surface area contributed by atoms with Crippen LogP contribution in [0.3, 0.4) is 0 Å². The summed E-state index contributed by atoms with van der Waals surface area (Å²) in [5.41, 5.74) is -0.739. The van der Waals surface area contributed by atoms with E-state index in [0.29, 0.717) is 6.42 Å². The summed E-state index contributed by atoms with van der Waals surface area (Å²) < 4.78 is 37.6. The smallest absolute Gasteiger partial charge is 0.388 e. The molecule has 1 heterocycles. The van der Waals surface area contributed by atoms with E-state index in [0.717, 1.165) is 24.3 Å². The summed E-state index contributed by atoms with van der Waals surface area (Å²) in [6.07, 6.45) is -8.89. The van der Waals surface area contributed by atoms with Crippen molar-refractivity contribution in [3.8, 4) is 0 Å². The molecule has 0 radical (unpaired) electrons. The number of hydrogen-bond donors (Lipinski definition) is 5. The van der Waals surface area contributed by atoms with Crippen molar-refractivity contribution in [1.82, 2.24) is 10.2 Å². The molecule has 1 aliphatic rings. The van der Waals surface area contributed by atoms with Gasteiger partial charge in [-0.3, -0.25) is 4.79 Å². The van der Waals surface area contributed by atoms with E-state index in [-0.39, 0.29) is 18.8 Å². The largest absolute Gasteiger partial charge is 0.416 e. The summed E-state index contributed by atoms with van der Waals surface area (Å²) >= 11 is 0. The molecule has 0 saturated carbocycles. The van der Waals surface area contributed by atoms with Crippen LogP contribution in [0.2, 0.25) is 0 Å². The molecule has 1 aromatic rings. The van der Waals surface area contributed by atoms with Crippen LogP contribution in [0.5, 0.6) is 0 Å². The highest BCUT2D eigenvalue weighted by molar-refractivity contribution is 5.89. The lowest BCUT2D eigenvalue weighted by molar-refractivity contribution is -0.175. The van der Waals surface area contributed by atoms with Gasteiger partial charge in [-0.05, 0) is 30.7 Å². The second-order valence-corrected chi connectivity index (χ2v) is 6.44. The van der Waals surface area contributed by atoms with E-state index in [4.69, 9.17) is 0 Å². The Morgan fingerprint density at radius 3 is 2.29 bits per heavy atom. The molecule has 5 N–H and O–H groups in total. The molecule has 11 heteroatoms. The van der Waals surface area contributed by atoms with Crippen LogP contribution in [0.15, 0.2) is 24.3 Å². The molecule has 1 aromatic carbocycles. The number of carbonyl (C=O) groups is 2. The number of benzene rings is 1. The average molecular weight is 405 g/mol. The summed E-state index contributed by atoms with van der Waals surface area (Å²) in [4.78, 5) is 25.3. The van der Waals surface area contributed by atoms with Crippen molar-refractivity contribution in [3.05, 3.63) is 29.8 Å². The average Bonchev–Trinajstić information content (AvgIpc) is 2.64. The number of nitrogens with zero attached hydrogens (tertiary/aromatic N) is 1. The molecule has 3 amide bonds. The van der Waals surface area contributed by atoms with E-state index in [1.165, 1.54) is 4.90 Å². The van der Waals surface area contributed by atoms with Gasteiger partial charge in [-0.15, -0.1) is 0 Å². The maximum absolute atomic E-state index is 12.5. The lowest BCUT2D eigenvalue weighted by Crippen LogP contribution is -2.66. The van der Waals surface area contributed by atoms with Gasteiger partial charge in [0.2, 0.25) is 0 Å². The summed E-state index contributed by atoms with van der Waals surface area (Å²) in [5, 5.41) is 34.4. The minimum absolute atomic E-state index is 0.117. The number of aliphatic hydroxyl groups excluding tert-OH is 3. The van der Waals surface area contributed by atoms with Crippen molar-refractivity contribution in [3.63, 3.8) is 0 Å². The fourth-order valence-corrected chi connectivity index (χ4v) is 2.94. The van der Waals surface area contributed by atoms with Crippen LogP contribution in [-0.2, 0) is 11.0 Å². The Morgan fingerprint density at radius 2 is 1.75 bits per heavy atom. The monoisotopic (exact) mass is 405 g/mol.